The number of alkyl halides is 3. The third kappa shape index (κ3) is 4.09. The van der Waals surface area contributed by atoms with E-state index in [9.17, 15) is 18.0 Å². The van der Waals surface area contributed by atoms with Crippen LogP contribution < -0.4 is 5.32 Å². The molecular weight excluding hydrogens is 323 g/mol. The van der Waals surface area contributed by atoms with Crippen LogP contribution in [0.2, 0.25) is 5.02 Å². The molecule has 0 radical (unpaired) electrons. The van der Waals surface area contributed by atoms with Gasteiger partial charge in [0.2, 0.25) is 0 Å². The largest absolute Gasteiger partial charge is 0.416 e. The van der Waals surface area contributed by atoms with Gasteiger partial charge in [0.1, 0.15) is 0 Å². The van der Waals surface area contributed by atoms with Gasteiger partial charge in [0.15, 0.2) is 5.78 Å². The van der Waals surface area contributed by atoms with Gasteiger partial charge in [0, 0.05) is 18.0 Å². The summed E-state index contributed by atoms with van der Waals surface area (Å²) in [6, 6.07) is 6.31. The van der Waals surface area contributed by atoms with Crippen LogP contribution in [-0.4, -0.2) is 5.78 Å². The fourth-order valence-corrected chi connectivity index (χ4v) is 2.61. The van der Waals surface area contributed by atoms with Crippen molar-refractivity contribution in [1.82, 2.24) is 0 Å². The maximum Gasteiger partial charge on any atom is 0.416 e. The Kier molecular flexibility index (Phi) is 4.69. The van der Waals surface area contributed by atoms with Crippen LogP contribution in [0, 0.1) is 0 Å². The molecule has 1 aromatic carbocycles. The third-order valence-corrected chi connectivity index (χ3v) is 3.87. The molecule has 0 atom stereocenters. The first-order valence-electron chi connectivity index (χ1n) is 5.75. The Morgan fingerprint density at radius 1 is 1.29 bits per heavy atom. The van der Waals surface area contributed by atoms with E-state index in [0.29, 0.717) is 9.90 Å². The summed E-state index contributed by atoms with van der Waals surface area (Å²) in [4.78, 5) is 12.1. The third-order valence-electron chi connectivity index (χ3n) is 2.52. The highest BCUT2D eigenvalue weighted by Crippen LogP contribution is 2.30. The molecule has 0 amide bonds. The predicted molar refractivity (Wildman–Crippen MR) is 77.9 cm³/mol. The highest BCUT2D eigenvalue weighted by atomic mass is 35.5. The highest BCUT2D eigenvalue weighted by molar-refractivity contribution is 7.13. The van der Waals surface area contributed by atoms with Gasteiger partial charge in [-0.3, -0.25) is 4.79 Å². The molecule has 1 N–H and O–H groups in total. The van der Waals surface area contributed by atoms with E-state index in [-0.39, 0.29) is 11.5 Å². The van der Waals surface area contributed by atoms with Crippen molar-refractivity contribution in [2.75, 3.05) is 5.32 Å². The van der Waals surface area contributed by atoms with Gasteiger partial charge in [-0.15, -0.1) is 11.3 Å². The van der Waals surface area contributed by atoms with Gasteiger partial charge in [0.25, 0.3) is 0 Å². The molecule has 0 unspecified atom stereocenters. The van der Waals surface area contributed by atoms with Gasteiger partial charge in [-0.1, -0.05) is 17.7 Å². The number of ketones is 1. The lowest BCUT2D eigenvalue weighted by molar-refractivity contribution is -0.137. The van der Waals surface area contributed by atoms with E-state index >= 15 is 0 Å². The van der Waals surface area contributed by atoms with Crippen LogP contribution >= 0.6 is 22.9 Å². The van der Waals surface area contributed by atoms with Gasteiger partial charge in [-0.2, -0.15) is 13.2 Å². The number of rotatable bonds is 4. The number of benzene rings is 1. The lowest BCUT2D eigenvalue weighted by atomic mass is 10.2. The number of hydrogen-bond acceptors (Lipinski definition) is 3. The molecule has 7 heteroatoms. The standard InChI is InChI=1S/C14H9ClF3NOS/c15-11-5-7-21-13(11)12(20)4-6-19-10-3-1-2-9(8-10)14(16,17)18/h1-8,19H/b6-4+. The van der Waals surface area contributed by atoms with Crippen LogP contribution in [0.15, 0.2) is 48.0 Å². The lowest BCUT2D eigenvalue weighted by Gasteiger charge is -2.08. The summed E-state index contributed by atoms with van der Waals surface area (Å²) in [7, 11) is 0. The molecule has 1 heterocycles. The van der Waals surface area contributed by atoms with E-state index in [1.165, 1.54) is 35.7 Å². The number of allylic oxidation sites excluding steroid dienone is 1. The number of nitrogens with one attached hydrogen (secondary N) is 1. The average Bonchev–Trinajstić information content (AvgIpc) is 2.84. The molecule has 0 aliphatic heterocycles. The summed E-state index contributed by atoms with van der Waals surface area (Å²) in [5, 5.41) is 4.67. The SMILES string of the molecule is O=C(/C=C/Nc1cccc(C(F)(F)F)c1)c1sccc1Cl. The number of carbonyl (C=O) groups excluding carboxylic acids is 1. The molecule has 21 heavy (non-hydrogen) atoms. The van der Waals surface area contributed by atoms with Gasteiger partial charge in [-0.05, 0) is 29.6 Å². The topological polar surface area (TPSA) is 29.1 Å². The summed E-state index contributed by atoms with van der Waals surface area (Å²) < 4.78 is 37.6. The second kappa shape index (κ2) is 6.32. The molecule has 2 rings (SSSR count). The zero-order chi connectivity index (χ0) is 15.5. The number of anilines is 1. The minimum atomic E-state index is -4.40. The Hall–Kier alpha value is -1.79. The van der Waals surface area contributed by atoms with Crippen molar-refractivity contribution in [2.24, 2.45) is 0 Å². The van der Waals surface area contributed by atoms with Crippen LogP contribution in [-0.2, 0) is 6.18 Å². The first-order valence-corrected chi connectivity index (χ1v) is 7.01. The van der Waals surface area contributed by atoms with Gasteiger partial charge in [0.05, 0.1) is 15.5 Å². The van der Waals surface area contributed by atoms with Crippen molar-refractivity contribution in [3.8, 4) is 0 Å². The molecular formula is C14H9ClF3NOS. The summed E-state index contributed by atoms with van der Waals surface area (Å²) >= 11 is 7.01. The maximum absolute atomic E-state index is 12.5. The zero-order valence-electron chi connectivity index (χ0n) is 10.4. The molecule has 0 spiro atoms. The molecule has 0 aliphatic carbocycles. The Morgan fingerprint density at radius 3 is 2.67 bits per heavy atom. The van der Waals surface area contributed by atoms with Crippen LogP contribution in [0.1, 0.15) is 15.2 Å². The van der Waals surface area contributed by atoms with Gasteiger partial charge < -0.3 is 5.32 Å². The molecule has 110 valence electrons. The summed E-state index contributed by atoms with van der Waals surface area (Å²) in [5.74, 6) is -0.311. The van der Waals surface area contributed by atoms with E-state index in [1.54, 1.807) is 11.4 Å². The van der Waals surface area contributed by atoms with Crippen LogP contribution in [0.4, 0.5) is 18.9 Å². The normalized spacial score (nSPS) is 11.8. The Balaban J connectivity index is 2.05. The summed E-state index contributed by atoms with van der Waals surface area (Å²) in [5.41, 5.74) is -0.514. The van der Waals surface area contributed by atoms with Crippen molar-refractivity contribution in [2.45, 2.75) is 6.18 Å². The quantitative estimate of drug-likeness (QED) is 0.614. The van der Waals surface area contributed by atoms with Crippen molar-refractivity contribution < 1.29 is 18.0 Å². The molecule has 0 fully saturated rings. The first-order chi connectivity index (χ1) is 9.88. The fourth-order valence-electron chi connectivity index (χ4n) is 1.54. The van der Waals surface area contributed by atoms with Crippen molar-refractivity contribution in [3.05, 3.63) is 63.5 Å². The van der Waals surface area contributed by atoms with E-state index in [1.807, 2.05) is 0 Å². The summed E-state index contributed by atoms with van der Waals surface area (Å²) in [6.45, 7) is 0. The fraction of sp³-hybridized carbons (Fsp3) is 0.0714. The van der Waals surface area contributed by atoms with E-state index in [0.717, 1.165) is 12.1 Å². The average molecular weight is 332 g/mol. The monoisotopic (exact) mass is 331 g/mol. The van der Waals surface area contributed by atoms with Crippen molar-refractivity contribution in [3.63, 3.8) is 0 Å². The van der Waals surface area contributed by atoms with E-state index < -0.39 is 11.7 Å². The second-order valence-corrected chi connectivity index (χ2v) is 5.34. The van der Waals surface area contributed by atoms with Crippen molar-refractivity contribution in [1.29, 1.82) is 0 Å². The number of hydrogen-bond donors (Lipinski definition) is 1. The zero-order valence-corrected chi connectivity index (χ0v) is 12.0. The lowest BCUT2D eigenvalue weighted by Crippen LogP contribution is -2.05. The highest BCUT2D eigenvalue weighted by Gasteiger charge is 2.30. The van der Waals surface area contributed by atoms with Crippen LogP contribution in [0.3, 0.4) is 0 Å². The first kappa shape index (κ1) is 15.6. The number of halogens is 4. The molecule has 0 aliphatic rings. The van der Waals surface area contributed by atoms with E-state index in [2.05, 4.69) is 5.32 Å². The smallest absolute Gasteiger partial charge is 0.362 e. The number of thiophene rings is 1. The molecule has 1 aromatic heterocycles. The number of carbonyl (C=O) groups is 1. The minimum Gasteiger partial charge on any atom is -0.362 e. The minimum absolute atomic E-state index is 0.242. The van der Waals surface area contributed by atoms with Gasteiger partial charge >= 0.3 is 6.18 Å². The van der Waals surface area contributed by atoms with Crippen molar-refractivity contribution >= 4 is 34.4 Å². The Morgan fingerprint density at radius 2 is 2.05 bits per heavy atom. The molecule has 0 saturated carbocycles. The van der Waals surface area contributed by atoms with Crippen LogP contribution in [0.25, 0.3) is 0 Å². The molecule has 0 bridgehead atoms. The Labute approximate surface area is 127 Å². The molecule has 2 nitrogen and oxygen atoms in total. The van der Waals surface area contributed by atoms with E-state index in [4.69, 9.17) is 11.6 Å². The van der Waals surface area contributed by atoms with Crippen LogP contribution in [0.5, 0.6) is 0 Å². The van der Waals surface area contributed by atoms with Gasteiger partial charge in [-0.25, -0.2) is 0 Å². The second-order valence-electron chi connectivity index (χ2n) is 4.02. The summed E-state index contributed by atoms with van der Waals surface area (Å²) in [6.07, 6.45) is -1.90. The molecule has 0 saturated heterocycles. The Bertz CT molecular complexity index is 679. The maximum atomic E-state index is 12.5. The molecule has 2 aromatic rings. The predicted octanol–water partition coefficient (Wildman–Crippen LogP) is 5.23.